The molecule has 2 aliphatic carbocycles. The Morgan fingerprint density at radius 3 is 2.62 bits per heavy atom. The van der Waals surface area contributed by atoms with Crippen LogP contribution in [-0.4, -0.2) is 9.82 Å². The Bertz CT molecular complexity index is 1420. The molecular weight excluding hydrogens is 482 g/mol. The van der Waals surface area contributed by atoms with Crippen molar-refractivity contribution < 1.29 is 4.42 Å². The molecule has 5 atom stereocenters. The molecule has 0 amide bonds. The molecule has 6 heteroatoms. The highest BCUT2D eigenvalue weighted by Gasteiger charge is 2.56. The summed E-state index contributed by atoms with van der Waals surface area (Å²) in [5.74, 6) is 3.92. The predicted molar refractivity (Wildman–Crippen MR) is 139 cm³/mol. The Kier molecular flexibility index (Phi) is 5.08. The standard InChI is InChI=1S/C28H24ClNO2S2/c29-20-9-5-4-8-19(20)21-12-13-22(32-21)24-23-17-10-11-18(14-17)25(23)33-27-26(24)34-28(31)30(27)15-16-6-2-1-3-7-16/h1-9,12-13,17-18,23-25H,10-11,14-15H2/t17-,18+,23+,24+,25+/m1/s1. The highest BCUT2D eigenvalue weighted by Crippen LogP contribution is 2.64. The van der Waals surface area contributed by atoms with Gasteiger partial charge in [0.2, 0.25) is 0 Å². The largest absolute Gasteiger partial charge is 0.460 e. The number of thioether (sulfide) groups is 1. The number of rotatable bonds is 4. The zero-order chi connectivity index (χ0) is 22.8. The van der Waals surface area contributed by atoms with Crippen molar-refractivity contribution in [1.82, 2.24) is 4.57 Å². The van der Waals surface area contributed by atoms with Gasteiger partial charge < -0.3 is 4.42 Å². The molecule has 2 aromatic carbocycles. The minimum absolute atomic E-state index is 0.136. The van der Waals surface area contributed by atoms with Crippen LogP contribution in [0.1, 0.15) is 41.4 Å². The molecule has 0 saturated heterocycles. The zero-order valence-electron chi connectivity index (χ0n) is 18.5. The molecule has 3 aliphatic rings. The average Bonchev–Trinajstić information content (AvgIpc) is 3.64. The molecule has 3 heterocycles. The summed E-state index contributed by atoms with van der Waals surface area (Å²) in [5.41, 5.74) is 2.08. The van der Waals surface area contributed by atoms with Gasteiger partial charge in [0, 0.05) is 10.8 Å². The molecule has 3 nitrogen and oxygen atoms in total. The van der Waals surface area contributed by atoms with Gasteiger partial charge in [0.05, 0.1) is 27.4 Å². The quantitative estimate of drug-likeness (QED) is 0.287. The topological polar surface area (TPSA) is 35.1 Å². The van der Waals surface area contributed by atoms with Crippen LogP contribution in [0.2, 0.25) is 5.02 Å². The first-order valence-corrected chi connectivity index (χ1v) is 14.0. The van der Waals surface area contributed by atoms with E-state index in [0.717, 1.165) is 33.6 Å². The van der Waals surface area contributed by atoms with E-state index < -0.39 is 0 Å². The first-order valence-electron chi connectivity index (χ1n) is 12.0. The SMILES string of the molecule is O=c1sc2c(n1Cc1ccccc1)S[C@H]1[C@H]3CC[C@H](C3)[C@H]1[C@@H]2c1ccc(-c2ccccc2Cl)o1. The molecule has 2 fully saturated rings. The van der Waals surface area contributed by atoms with Crippen LogP contribution in [0.4, 0.5) is 0 Å². The lowest BCUT2D eigenvalue weighted by atomic mass is 9.77. The number of nitrogens with zero attached hydrogens (tertiary/aromatic N) is 1. The lowest BCUT2D eigenvalue weighted by molar-refractivity contribution is 0.283. The fraction of sp³-hybridized carbons (Fsp3) is 0.321. The molecule has 7 rings (SSSR count). The summed E-state index contributed by atoms with van der Waals surface area (Å²) < 4.78 is 8.54. The van der Waals surface area contributed by atoms with Gasteiger partial charge in [-0.15, -0.1) is 11.8 Å². The van der Waals surface area contributed by atoms with Crippen molar-refractivity contribution in [2.24, 2.45) is 17.8 Å². The molecule has 1 aliphatic heterocycles. The van der Waals surface area contributed by atoms with Crippen LogP contribution in [0.3, 0.4) is 0 Å². The summed E-state index contributed by atoms with van der Waals surface area (Å²) in [5, 5.41) is 2.41. The Balaban J connectivity index is 1.35. The van der Waals surface area contributed by atoms with E-state index in [9.17, 15) is 4.79 Å². The number of benzene rings is 2. The van der Waals surface area contributed by atoms with Crippen molar-refractivity contribution in [2.45, 2.75) is 42.0 Å². The van der Waals surface area contributed by atoms with Crippen LogP contribution in [0, 0.1) is 17.8 Å². The molecule has 2 saturated carbocycles. The highest BCUT2D eigenvalue weighted by atomic mass is 35.5. The van der Waals surface area contributed by atoms with Crippen molar-refractivity contribution in [3.8, 4) is 11.3 Å². The van der Waals surface area contributed by atoms with Gasteiger partial charge >= 0.3 is 4.87 Å². The third-order valence-corrected chi connectivity index (χ3v) is 11.1. The Hall–Kier alpha value is -2.21. The molecule has 0 N–H and O–H groups in total. The fourth-order valence-electron chi connectivity index (χ4n) is 6.50. The molecule has 4 aromatic rings. The average molecular weight is 506 g/mol. The maximum atomic E-state index is 13.3. The predicted octanol–water partition coefficient (Wildman–Crippen LogP) is 7.52. The maximum Gasteiger partial charge on any atom is 0.308 e. The fourth-order valence-corrected chi connectivity index (χ4v) is 9.86. The van der Waals surface area contributed by atoms with E-state index in [1.54, 1.807) is 0 Å². The van der Waals surface area contributed by atoms with Crippen molar-refractivity contribution >= 4 is 34.7 Å². The second-order valence-corrected chi connectivity index (χ2v) is 12.3. The second kappa shape index (κ2) is 8.18. The van der Waals surface area contributed by atoms with Crippen molar-refractivity contribution in [2.75, 3.05) is 0 Å². The number of hydrogen-bond acceptors (Lipinski definition) is 4. The second-order valence-electron chi connectivity index (χ2n) is 9.76. The van der Waals surface area contributed by atoms with Gasteiger partial charge in [-0.05, 0) is 66.8 Å². The summed E-state index contributed by atoms with van der Waals surface area (Å²) >= 11 is 9.87. The van der Waals surface area contributed by atoms with Crippen LogP contribution in [0.15, 0.2) is 81.0 Å². The van der Waals surface area contributed by atoms with Gasteiger partial charge in [-0.2, -0.15) is 0 Å². The number of aromatic nitrogens is 1. The minimum atomic E-state index is 0.136. The van der Waals surface area contributed by atoms with E-state index in [4.69, 9.17) is 16.0 Å². The molecule has 0 radical (unpaired) electrons. The molecule has 34 heavy (non-hydrogen) atoms. The highest BCUT2D eigenvalue weighted by molar-refractivity contribution is 8.00. The summed E-state index contributed by atoms with van der Waals surface area (Å²) in [6, 6.07) is 22.3. The number of halogens is 1. The Morgan fingerprint density at radius 2 is 1.76 bits per heavy atom. The van der Waals surface area contributed by atoms with Crippen molar-refractivity contribution in [3.63, 3.8) is 0 Å². The van der Waals surface area contributed by atoms with Crippen LogP contribution in [0.5, 0.6) is 0 Å². The summed E-state index contributed by atoms with van der Waals surface area (Å²) in [4.78, 5) is 14.6. The zero-order valence-corrected chi connectivity index (χ0v) is 20.9. The number of hydrogen-bond donors (Lipinski definition) is 0. The van der Waals surface area contributed by atoms with E-state index >= 15 is 0 Å². The lowest BCUT2D eigenvalue weighted by Gasteiger charge is -2.39. The van der Waals surface area contributed by atoms with Gasteiger partial charge in [0.25, 0.3) is 0 Å². The molecular formula is C28H24ClNO2S2. The van der Waals surface area contributed by atoms with Crippen molar-refractivity contribution in [1.29, 1.82) is 0 Å². The summed E-state index contributed by atoms with van der Waals surface area (Å²) in [6.45, 7) is 0.625. The van der Waals surface area contributed by atoms with Crippen molar-refractivity contribution in [3.05, 3.63) is 97.6 Å². The normalized spacial score (nSPS) is 27.0. The lowest BCUT2D eigenvalue weighted by Crippen LogP contribution is -2.34. The van der Waals surface area contributed by atoms with Gasteiger partial charge in [0.15, 0.2) is 0 Å². The van der Waals surface area contributed by atoms with E-state index in [1.807, 2.05) is 64.9 Å². The van der Waals surface area contributed by atoms with Crippen LogP contribution < -0.4 is 4.87 Å². The first-order chi connectivity index (χ1) is 16.7. The minimum Gasteiger partial charge on any atom is -0.460 e. The summed E-state index contributed by atoms with van der Waals surface area (Å²) in [7, 11) is 0. The number of furan rings is 1. The Morgan fingerprint density at radius 1 is 0.971 bits per heavy atom. The van der Waals surface area contributed by atoms with E-state index in [1.165, 1.54) is 35.5 Å². The van der Waals surface area contributed by atoms with E-state index in [0.29, 0.717) is 28.7 Å². The molecule has 2 bridgehead atoms. The molecule has 0 unspecified atom stereocenters. The molecule has 172 valence electrons. The third-order valence-electron chi connectivity index (χ3n) is 7.95. The van der Waals surface area contributed by atoms with Crippen LogP contribution >= 0.6 is 34.7 Å². The monoisotopic (exact) mass is 505 g/mol. The first kappa shape index (κ1) is 21.1. The molecule has 0 spiro atoms. The van der Waals surface area contributed by atoms with Crippen LogP contribution in [-0.2, 0) is 6.54 Å². The Labute approximate surface area is 211 Å². The van der Waals surface area contributed by atoms with Crippen LogP contribution in [0.25, 0.3) is 11.3 Å². The van der Waals surface area contributed by atoms with Gasteiger partial charge in [-0.3, -0.25) is 9.36 Å². The maximum absolute atomic E-state index is 13.3. The third kappa shape index (κ3) is 3.28. The van der Waals surface area contributed by atoms with Gasteiger partial charge in [-0.1, -0.05) is 65.4 Å². The summed E-state index contributed by atoms with van der Waals surface area (Å²) in [6.07, 6.45) is 3.93. The number of fused-ring (bicyclic) bond motifs is 6. The van der Waals surface area contributed by atoms with Gasteiger partial charge in [-0.25, -0.2) is 0 Å². The number of thiazole rings is 1. The van der Waals surface area contributed by atoms with Gasteiger partial charge in [0.1, 0.15) is 11.5 Å². The van der Waals surface area contributed by atoms with E-state index in [-0.39, 0.29) is 10.8 Å². The van der Waals surface area contributed by atoms with E-state index in [2.05, 4.69) is 18.2 Å². The molecule has 2 aromatic heterocycles. The smallest absolute Gasteiger partial charge is 0.308 e.